The number of H-pyrrole nitrogens is 1. The van der Waals surface area contributed by atoms with Gasteiger partial charge in [0.1, 0.15) is 16.1 Å². The van der Waals surface area contributed by atoms with Gasteiger partial charge in [0.25, 0.3) is 5.56 Å². The van der Waals surface area contributed by atoms with Gasteiger partial charge in [-0.15, -0.1) is 0 Å². The van der Waals surface area contributed by atoms with Crippen LogP contribution in [-0.2, 0) is 0 Å². The maximum absolute atomic E-state index is 11.6. The van der Waals surface area contributed by atoms with Gasteiger partial charge in [0.2, 0.25) is 5.95 Å². The lowest BCUT2D eigenvalue weighted by atomic mass is 10.4. The van der Waals surface area contributed by atoms with Crippen LogP contribution in [0, 0.1) is 10.7 Å². The van der Waals surface area contributed by atoms with E-state index in [1.807, 2.05) is 10.3 Å². The van der Waals surface area contributed by atoms with E-state index in [0.29, 0.717) is 5.95 Å². The summed E-state index contributed by atoms with van der Waals surface area (Å²) in [7, 11) is 0. The van der Waals surface area contributed by atoms with E-state index < -0.39 is 0 Å². The molecular formula is C9H11N5OS. The zero-order chi connectivity index (χ0) is 11.5. The van der Waals surface area contributed by atoms with Crippen molar-refractivity contribution in [1.29, 1.82) is 5.26 Å². The van der Waals surface area contributed by atoms with Crippen LogP contribution in [0.1, 0.15) is 12.8 Å². The first kappa shape index (κ1) is 10.8. The van der Waals surface area contributed by atoms with Gasteiger partial charge < -0.3 is 10.6 Å². The van der Waals surface area contributed by atoms with Crippen molar-refractivity contribution in [2.75, 3.05) is 23.7 Å². The van der Waals surface area contributed by atoms with E-state index in [0.717, 1.165) is 37.7 Å². The predicted molar refractivity (Wildman–Crippen MR) is 62.2 cm³/mol. The van der Waals surface area contributed by atoms with Gasteiger partial charge in [0.05, 0.1) is 0 Å². The minimum atomic E-state index is -0.346. The van der Waals surface area contributed by atoms with Gasteiger partial charge in [-0.05, 0) is 24.6 Å². The zero-order valence-corrected chi connectivity index (χ0v) is 9.38. The summed E-state index contributed by atoms with van der Waals surface area (Å²) in [6, 6.07) is 0. The van der Waals surface area contributed by atoms with E-state index in [2.05, 4.69) is 9.97 Å². The molecule has 1 aliphatic rings. The van der Waals surface area contributed by atoms with Crippen molar-refractivity contribution in [2.45, 2.75) is 17.7 Å². The van der Waals surface area contributed by atoms with E-state index >= 15 is 0 Å². The molecule has 1 saturated heterocycles. The minimum absolute atomic E-state index is 0.122. The smallest absolute Gasteiger partial charge is 0.269 e. The molecule has 7 heteroatoms. The summed E-state index contributed by atoms with van der Waals surface area (Å²) in [5, 5.41) is 10.3. The van der Waals surface area contributed by atoms with Crippen molar-refractivity contribution in [3.05, 3.63) is 10.4 Å². The lowest BCUT2D eigenvalue weighted by Crippen LogP contribution is -2.25. The normalized spacial score (nSPS) is 15.1. The summed E-state index contributed by atoms with van der Waals surface area (Å²) in [6.45, 7) is 1.76. The third kappa shape index (κ3) is 1.97. The molecule has 1 aromatic rings. The third-order valence-corrected chi connectivity index (χ3v) is 3.13. The SMILES string of the molecule is N#CSc1c(N)nc(N2CCCC2)[nH]c1=O. The molecule has 0 unspecified atom stereocenters. The van der Waals surface area contributed by atoms with Crippen molar-refractivity contribution in [2.24, 2.45) is 0 Å². The van der Waals surface area contributed by atoms with Crippen LogP contribution < -0.4 is 16.2 Å². The first-order valence-electron chi connectivity index (χ1n) is 4.93. The number of rotatable bonds is 2. The van der Waals surface area contributed by atoms with Crippen LogP contribution in [-0.4, -0.2) is 23.1 Å². The van der Waals surface area contributed by atoms with Gasteiger partial charge in [0.15, 0.2) is 0 Å². The molecular weight excluding hydrogens is 226 g/mol. The number of nitrogens with two attached hydrogens (primary N) is 1. The molecule has 6 nitrogen and oxygen atoms in total. The highest BCUT2D eigenvalue weighted by atomic mass is 32.2. The molecule has 0 bridgehead atoms. The van der Waals surface area contributed by atoms with Crippen molar-refractivity contribution >= 4 is 23.5 Å². The monoisotopic (exact) mass is 237 g/mol. The first-order chi connectivity index (χ1) is 7.72. The second kappa shape index (κ2) is 4.45. The number of hydrogen-bond donors (Lipinski definition) is 2. The lowest BCUT2D eigenvalue weighted by molar-refractivity contribution is 0.880. The van der Waals surface area contributed by atoms with Gasteiger partial charge in [-0.1, -0.05) is 0 Å². The molecule has 0 saturated carbocycles. The molecule has 0 aliphatic carbocycles. The van der Waals surface area contributed by atoms with Crippen LogP contribution in [0.3, 0.4) is 0 Å². The van der Waals surface area contributed by atoms with Crippen LogP contribution >= 0.6 is 11.8 Å². The molecule has 0 atom stereocenters. The van der Waals surface area contributed by atoms with Crippen molar-refractivity contribution in [3.8, 4) is 5.40 Å². The Morgan fingerprint density at radius 1 is 1.50 bits per heavy atom. The Hall–Kier alpha value is -1.68. The number of hydrogen-bond acceptors (Lipinski definition) is 6. The van der Waals surface area contributed by atoms with Gasteiger partial charge in [-0.25, -0.2) is 0 Å². The molecule has 0 spiro atoms. The maximum atomic E-state index is 11.6. The molecule has 84 valence electrons. The Bertz CT molecular complexity index is 486. The van der Waals surface area contributed by atoms with E-state index in [9.17, 15) is 4.79 Å². The molecule has 2 heterocycles. The molecule has 1 aliphatic heterocycles. The largest absolute Gasteiger partial charge is 0.382 e. The molecule has 1 aromatic heterocycles. The summed E-state index contributed by atoms with van der Waals surface area (Å²) in [4.78, 5) is 20.6. The van der Waals surface area contributed by atoms with Gasteiger partial charge in [0, 0.05) is 13.1 Å². The van der Waals surface area contributed by atoms with E-state index in [1.54, 1.807) is 0 Å². The number of thiocyanates is 1. The minimum Gasteiger partial charge on any atom is -0.382 e. The third-order valence-electron chi connectivity index (χ3n) is 2.44. The summed E-state index contributed by atoms with van der Waals surface area (Å²) in [6.07, 6.45) is 2.19. The Morgan fingerprint density at radius 3 is 2.75 bits per heavy atom. The predicted octanol–water partition coefficient (Wildman–Crippen LogP) is 0.525. The van der Waals surface area contributed by atoms with Crippen LogP contribution in [0.25, 0.3) is 0 Å². The average Bonchev–Trinajstić information content (AvgIpc) is 2.76. The van der Waals surface area contributed by atoms with E-state index in [4.69, 9.17) is 11.0 Å². The fourth-order valence-electron chi connectivity index (χ4n) is 1.69. The molecule has 3 N–H and O–H groups in total. The number of aromatic amines is 1. The highest BCUT2D eigenvalue weighted by Crippen LogP contribution is 2.21. The number of aromatic nitrogens is 2. The molecule has 1 fully saturated rings. The summed E-state index contributed by atoms with van der Waals surface area (Å²) in [5.41, 5.74) is 5.30. The van der Waals surface area contributed by atoms with Crippen molar-refractivity contribution in [3.63, 3.8) is 0 Å². The number of anilines is 2. The van der Waals surface area contributed by atoms with Crippen LogP contribution in [0.5, 0.6) is 0 Å². The quantitative estimate of drug-likeness (QED) is 0.575. The van der Waals surface area contributed by atoms with Crippen LogP contribution in [0.4, 0.5) is 11.8 Å². The lowest BCUT2D eigenvalue weighted by Gasteiger charge is -2.15. The number of nitriles is 1. The highest BCUT2D eigenvalue weighted by molar-refractivity contribution is 8.03. The van der Waals surface area contributed by atoms with Crippen molar-refractivity contribution in [1.82, 2.24) is 9.97 Å². The fourth-order valence-corrected chi connectivity index (χ4v) is 2.08. The number of nitrogens with one attached hydrogen (secondary N) is 1. The molecule has 2 rings (SSSR count). The maximum Gasteiger partial charge on any atom is 0.269 e. The standard InChI is InChI=1S/C9H11N5OS/c10-5-16-6-7(11)12-9(13-8(6)15)14-3-1-2-4-14/h1-4H2,(H3,11,12,13,15). The van der Waals surface area contributed by atoms with E-state index in [1.165, 1.54) is 0 Å². The second-order valence-electron chi connectivity index (χ2n) is 3.49. The Labute approximate surface area is 96.5 Å². The summed E-state index contributed by atoms with van der Waals surface area (Å²) < 4.78 is 0. The zero-order valence-electron chi connectivity index (χ0n) is 8.56. The van der Waals surface area contributed by atoms with Crippen molar-refractivity contribution < 1.29 is 0 Å². The summed E-state index contributed by atoms with van der Waals surface area (Å²) >= 11 is 0.736. The number of thioether (sulfide) groups is 1. The Balaban J connectivity index is 2.37. The Kier molecular flexibility index (Phi) is 3.01. The topological polar surface area (TPSA) is 98.8 Å². The highest BCUT2D eigenvalue weighted by Gasteiger charge is 2.17. The van der Waals surface area contributed by atoms with Crippen LogP contribution in [0.2, 0.25) is 0 Å². The fraction of sp³-hybridized carbons (Fsp3) is 0.444. The summed E-state index contributed by atoms with van der Waals surface area (Å²) in [5.74, 6) is 0.625. The van der Waals surface area contributed by atoms with Crippen LogP contribution in [0.15, 0.2) is 9.69 Å². The van der Waals surface area contributed by atoms with Gasteiger partial charge >= 0.3 is 0 Å². The molecule has 0 amide bonds. The second-order valence-corrected chi connectivity index (χ2v) is 4.29. The first-order valence-corrected chi connectivity index (χ1v) is 5.74. The molecule has 0 aromatic carbocycles. The number of nitrogens with zero attached hydrogens (tertiary/aromatic N) is 3. The molecule has 16 heavy (non-hydrogen) atoms. The van der Waals surface area contributed by atoms with Gasteiger partial charge in [-0.3, -0.25) is 9.78 Å². The Morgan fingerprint density at radius 2 is 2.19 bits per heavy atom. The molecule has 0 radical (unpaired) electrons. The van der Waals surface area contributed by atoms with Gasteiger partial charge in [-0.2, -0.15) is 10.2 Å². The number of nitrogen functional groups attached to an aromatic ring is 1. The van der Waals surface area contributed by atoms with E-state index in [-0.39, 0.29) is 16.3 Å². The average molecular weight is 237 g/mol.